The van der Waals surface area contributed by atoms with Crippen LogP contribution in [0.3, 0.4) is 0 Å². The van der Waals surface area contributed by atoms with Crippen molar-refractivity contribution in [3.63, 3.8) is 0 Å². The fourth-order valence-corrected chi connectivity index (χ4v) is 2.26. The Bertz CT molecular complexity index is 838. The van der Waals surface area contributed by atoms with Gasteiger partial charge in [0, 0.05) is 10.6 Å². The summed E-state index contributed by atoms with van der Waals surface area (Å²) in [6.07, 6.45) is 0. The first-order valence-electron chi connectivity index (χ1n) is 6.79. The highest BCUT2D eigenvalue weighted by atomic mass is 35.5. The zero-order valence-corrected chi connectivity index (χ0v) is 13.1. The summed E-state index contributed by atoms with van der Waals surface area (Å²) in [7, 11) is 1.52. The molecule has 5 nitrogen and oxygen atoms in total. The van der Waals surface area contributed by atoms with Crippen molar-refractivity contribution >= 4 is 11.6 Å². The van der Waals surface area contributed by atoms with Crippen LogP contribution in [-0.4, -0.2) is 23.9 Å². The second-order valence-electron chi connectivity index (χ2n) is 4.67. The molecule has 0 radical (unpaired) electrons. The van der Waals surface area contributed by atoms with E-state index in [1.807, 2.05) is 0 Å². The molecule has 0 saturated carbocycles. The number of ether oxygens (including phenoxy) is 2. The molecule has 0 bridgehead atoms. The highest BCUT2D eigenvalue weighted by Gasteiger charge is 2.15. The van der Waals surface area contributed by atoms with E-state index in [1.165, 1.54) is 19.2 Å². The maximum Gasteiger partial charge on any atom is 0.387 e. The fourth-order valence-electron chi connectivity index (χ4n) is 2.08. The maximum absolute atomic E-state index is 12.2. The van der Waals surface area contributed by atoms with E-state index in [1.54, 1.807) is 30.3 Å². The fraction of sp³-hybridized carbons (Fsp3) is 0.125. The number of halogens is 3. The summed E-state index contributed by atoms with van der Waals surface area (Å²) < 4.78 is 39.1. The van der Waals surface area contributed by atoms with Crippen LogP contribution in [0.1, 0.15) is 0 Å². The first-order valence-corrected chi connectivity index (χ1v) is 7.17. The Morgan fingerprint density at radius 3 is 2.54 bits per heavy atom. The van der Waals surface area contributed by atoms with Gasteiger partial charge in [-0.1, -0.05) is 16.8 Å². The summed E-state index contributed by atoms with van der Waals surface area (Å²) in [5.74, 6) is 1.13. The minimum Gasteiger partial charge on any atom is -0.496 e. The lowest BCUT2D eigenvalue weighted by Gasteiger charge is -2.04. The van der Waals surface area contributed by atoms with Gasteiger partial charge in [-0.15, -0.1) is 0 Å². The van der Waals surface area contributed by atoms with Gasteiger partial charge >= 0.3 is 6.61 Å². The van der Waals surface area contributed by atoms with E-state index in [0.717, 1.165) is 0 Å². The van der Waals surface area contributed by atoms with E-state index in [4.69, 9.17) is 20.9 Å². The normalized spacial score (nSPS) is 10.9. The second kappa shape index (κ2) is 6.84. The van der Waals surface area contributed by atoms with Crippen LogP contribution in [0.4, 0.5) is 8.78 Å². The molecule has 8 heteroatoms. The largest absolute Gasteiger partial charge is 0.496 e. The Labute approximate surface area is 140 Å². The Balaban J connectivity index is 1.89. The summed E-state index contributed by atoms with van der Waals surface area (Å²) >= 11 is 5.99. The third kappa shape index (κ3) is 3.46. The standard InChI is InChI=1S/C16H11ClF2N2O3/c1-22-13-7-4-10(17)8-12(13)14-20-15(24-21-14)9-2-5-11(6-3-9)23-16(18)19/h2-8,16H,1H3. The molecule has 0 N–H and O–H groups in total. The molecule has 3 rings (SSSR count). The van der Waals surface area contributed by atoms with Crippen LogP contribution in [0.25, 0.3) is 22.8 Å². The third-order valence-electron chi connectivity index (χ3n) is 3.15. The van der Waals surface area contributed by atoms with E-state index < -0.39 is 6.61 Å². The van der Waals surface area contributed by atoms with E-state index in [9.17, 15) is 8.78 Å². The molecule has 0 saturated heterocycles. The number of benzene rings is 2. The highest BCUT2D eigenvalue weighted by Crippen LogP contribution is 2.32. The van der Waals surface area contributed by atoms with Gasteiger partial charge in [0.1, 0.15) is 11.5 Å². The minimum absolute atomic E-state index is 0.0463. The van der Waals surface area contributed by atoms with Crippen LogP contribution in [-0.2, 0) is 0 Å². The highest BCUT2D eigenvalue weighted by molar-refractivity contribution is 6.30. The Kier molecular flexibility index (Phi) is 4.61. The van der Waals surface area contributed by atoms with E-state index in [-0.39, 0.29) is 11.6 Å². The molecule has 0 fully saturated rings. The number of aromatic nitrogens is 2. The SMILES string of the molecule is COc1ccc(Cl)cc1-c1noc(-c2ccc(OC(F)F)cc2)n1. The molecule has 0 amide bonds. The van der Waals surface area contributed by atoms with Gasteiger partial charge in [0.15, 0.2) is 0 Å². The third-order valence-corrected chi connectivity index (χ3v) is 3.39. The van der Waals surface area contributed by atoms with Crippen molar-refractivity contribution in [3.05, 3.63) is 47.5 Å². The second-order valence-corrected chi connectivity index (χ2v) is 5.11. The smallest absolute Gasteiger partial charge is 0.387 e. The van der Waals surface area contributed by atoms with Crippen molar-refractivity contribution in [2.24, 2.45) is 0 Å². The average Bonchev–Trinajstić information content (AvgIpc) is 3.05. The van der Waals surface area contributed by atoms with Crippen LogP contribution >= 0.6 is 11.6 Å². The lowest BCUT2D eigenvalue weighted by molar-refractivity contribution is -0.0498. The quantitative estimate of drug-likeness (QED) is 0.668. The zero-order valence-electron chi connectivity index (χ0n) is 12.4. The van der Waals surface area contributed by atoms with Crippen molar-refractivity contribution in [3.8, 4) is 34.3 Å². The topological polar surface area (TPSA) is 57.4 Å². The predicted octanol–water partition coefficient (Wildman–Crippen LogP) is 4.67. The number of hydrogen-bond donors (Lipinski definition) is 0. The van der Waals surface area contributed by atoms with Crippen LogP contribution in [0, 0.1) is 0 Å². The number of rotatable bonds is 5. The molecule has 3 aromatic rings. The first-order chi connectivity index (χ1) is 11.6. The minimum atomic E-state index is -2.87. The molecule has 0 unspecified atom stereocenters. The average molecular weight is 353 g/mol. The molecule has 1 aromatic heterocycles. The molecule has 0 aliphatic rings. The number of methoxy groups -OCH3 is 1. The van der Waals surface area contributed by atoms with Crippen LogP contribution in [0.5, 0.6) is 11.5 Å². The van der Waals surface area contributed by atoms with Gasteiger partial charge in [0.05, 0.1) is 12.7 Å². The first kappa shape index (κ1) is 16.2. The molecule has 0 aliphatic heterocycles. The Morgan fingerprint density at radius 2 is 1.88 bits per heavy atom. The Hall–Kier alpha value is -2.67. The molecule has 24 heavy (non-hydrogen) atoms. The number of alkyl halides is 2. The lowest BCUT2D eigenvalue weighted by atomic mass is 10.2. The summed E-state index contributed by atoms with van der Waals surface area (Å²) in [6, 6.07) is 10.9. The summed E-state index contributed by atoms with van der Waals surface area (Å²) in [6.45, 7) is -2.87. The van der Waals surface area contributed by atoms with Gasteiger partial charge in [-0.25, -0.2) is 0 Å². The molecule has 0 spiro atoms. The number of nitrogens with zero attached hydrogens (tertiary/aromatic N) is 2. The summed E-state index contributed by atoms with van der Waals surface area (Å²) in [5.41, 5.74) is 1.15. The molecule has 2 aromatic carbocycles. The molecule has 0 aliphatic carbocycles. The lowest BCUT2D eigenvalue weighted by Crippen LogP contribution is -2.01. The van der Waals surface area contributed by atoms with Gasteiger partial charge in [0.2, 0.25) is 5.82 Å². The summed E-state index contributed by atoms with van der Waals surface area (Å²) in [4.78, 5) is 4.29. The molecular formula is C16H11ClF2N2O3. The van der Waals surface area contributed by atoms with E-state index in [0.29, 0.717) is 27.7 Å². The van der Waals surface area contributed by atoms with Crippen molar-refractivity contribution in [2.45, 2.75) is 6.61 Å². The van der Waals surface area contributed by atoms with Crippen LogP contribution in [0.2, 0.25) is 5.02 Å². The monoisotopic (exact) mass is 352 g/mol. The molecule has 0 atom stereocenters. The predicted molar refractivity (Wildman–Crippen MR) is 83.4 cm³/mol. The molecule has 124 valence electrons. The van der Waals surface area contributed by atoms with Gasteiger partial charge in [-0.05, 0) is 42.5 Å². The maximum atomic E-state index is 12.2. The zero-order chi connectivity index (χ0) is 17.1. The van der Waals surface area contributed by atoms with Crippen LogP contribution in [0.15, 0.2) is 47.0 Å². The van der Waals surface area contributed by atoms with Gasteiger partial charge in [-0.2, -0.15) is 13.8 Å². The van der Waals surface area contributed by atoms with E-state index in [2.05, 4.69) is 14.9 Å². The van der Waals surface area contributed by atoms with Gasteiger partial charge < -0.3 is 14.0 Å². The van der Waals surface area contributed by atoms with Crippen molar-refractivity contribution in [1.82, 2.24) is 10.1 Å². The number of hydrogen-bond acceptors (Lipinski definition) is 5. The van der Waals surface area contributed by atoms with Crippen molar-refractivity contribution in [2.75, 3.05) is 7.11 Å². The molecular weight excluding hydrogens is 342 g/mol. The van der Waals surface area contributed by atoms with Crippen molar-refractivity contribution < 1.29 is 22.8 Å². The van der Waals surface area contributed by atoms with Gasteiger partial charge in [0.25, 0.3) is 5.89 Å². The van der Waals surface area contributed by atoms with Crippen LogP contribution < -0.4 is 9.47 Å². The summed E-state index contributed by atoms with van der Waals surface area (Å²) in [5, 5.41) is 4.41. The van der Waals surface area contributed by atoms with E-state index >= 15 is 0 Å². The Morgan fingerprint density at radius 1 is 1.12 bits per heavy atom. The molecule has 1 heterocycles. The van der Waals surface area contributed by atoms with Crippen molar-refractivity contribution in [1.29, 1.82) is 0 Å². The van der Waals surface area contributed by atoms with Gasteiger partial charge in [-0.3, -0.25) is 0 Å².